The summed E-state index contributed by atoms with van der Waals surface area (Å²) < 4.78 is 0. The lowest BCUT2D eigenvalue weighted by atomic mass is 10.1. The Bertz CT molecular complexity index is 638. The summed E-state index contributed by atoms with van der Waals surface area (Å²) in [5, 5.41) is 12.4. The Morgan fingerprint density at radius 1 is 1.16 bits per heavy atom. The van der Waals surface area contributed by atoms with Crippen LogP contribution in [0.25, 0.3) is 0 Å². The first-order valence-corrected chi connectivity index (χ1v) is 6.40. The zero-order chi connectivity index (χ0) is 13.2. The average molecular weight is 249 g/mol. The van der Waals surface area contributed by atoms with Gasteiger partial charge in [0.1, 0.15) is 0 Å². The highest BCUT2D eigenvalue weighted by Gasteiger charge is 2.18. The molecule has 0 aromatic heterocycles. The maximum absolute atomic E-state index is 9.04. The highest BCUT2D eigenvalue weighted by molar-refractivity contribution is 5.79. The van der Waals surface area contributed by atoms with E-state index in [1.807, 2.05) is 18.2 Å². The molecule has 1 N–H and O–H groups in total. The van der Waals surface area contributed by atoms with Crippen LogP contribution in [0.2, 0.25) is 0 Å². The van der Waals surface area contributed by atoms with Crippen LogP contribution in [0.3, 0.4) is 0 Å². The predicted octanol–water partition coefficient (Wildman–Crippen LogP) is 3.43. The fraction of sp³-hybridized carbons (Fsp3) is 0.188. The molecular weight excluding hydrogens is 234 g/mol. The van der Waals surface area contributed by atoms with Gasteiger partial charge in [0.2, 0.25) is 0 Å². The lowest BCUT2D eigenvalue weighted by Gasteiger charge is -2.32. The van der Waals surface area contributed by atoms with Gasteiger partial charge in [-0.25, -0.2) is 0 Å². The van der Waals surface area contributed by atoms with Gasteiger partial charge in [0.05, 0.1) is 23.0 Å². The molecule has 2 aromatic carbocycles. The molecule has 0 saturated heterocycles. The highest BCUT2D eigenvalue weighted by atomic mass is 15.2. The molecular formula is C16H15N3. The summed E-state index contributed by atoms with van der Waals surface area (Å²) in [5.41, 5.74) is 5.29. The van der Waals surface area contributed by atoms with Crippen molar-refractivity contribution < 1.29 is 0 Å². The number of rotatable bonds is 1. The van der Waals surface area contributed by atoms with Gasteiger partial charge in [0.25, 0.3) is 0 Å². The number of hydrogen-bond acceptors (Lipinski definition) is 3. The number of fused-ring (bicyclic) bond motifs is 1. The van der Waals surface area contributed by atoms with E-state index in [0.717, 1.165) is 24.5 Å². The molecule has 1 aliphatic rings. The SMILES string of the molecule is Cc1ccc(N2CCNc3ccc(C#N)cc32)cc1. The van der Waals surface area contributed by atoms with E-state index < -0.39 is 0 Å². The van der Waals surface area contributed by atoms with Gasteiger partial charge in [-0.05, 0) is 37.3 Å². The molecule has 0 bridgehead atoms. The molecule has 0 unspecified atom stereocenters. The molecule has 0 aliphatic carbocycles. The number of anilines is 3. The molecule has 1 heterocycles. The lowest BCUT2D eigenvalue weighted by Crippen LogP contribution is -2.30. The van der Waals surface area contributed by atoms with E-state index in [1.165, 1.54) is 11.3 Å². The smallest absolute Gasteiger partial charge is 0.0992 e. The molecule has 0 fully saturated rings. The van der Waals surface area contributed by atoms with Gasteiger partial charge in [-0.3, -0.25) is 0 Å². The van der Waals surface area contributed by atoms with Crippen LogP contribution in [0.5, 0.6) is 0 Å². The zero-order valence-corrected chi connectivity index (χ0v) is 10.9. The maximum Gasteiger partial charge on any atom is 0.0992 e. The van der Waals surface area contributed by atoms with Crippen molar-refractivity contribution in [3.05, 3.63) is 53.6 Å². The summed E-state index contributed by atoms with van der Waals surface area (Å²) in [7, 11) is 0. The zero-order valence-electron chi connectivity index (χ0n) is 10.9. The van der Waals surface area contributed by atoms with Crippen LogP contribution in [0.1, 0.15) is 11.1 Å². The average Bonchev–Trinajstić information content (AvgIpc) is 2.47. The molecule has 0 spiro atoms. The second-order valence-corrected chi connectivity index (χ2v) is 4.76. The quantitative estimate of drug-likeness (QED) is 0.841. The van der Waals surface area contributed by atoms with E-state index in [4.69, 9.17) is 5.26 Å². The van der Waals surface area contributed by atoms with Crippen LogP contribution in [0.15, 0.2) is 42.5 Å². The van der Waals surface area contributed by atoms with Crippen molar-refractivity contribution in [2.75, 3.05) is 23.3 Å². The summed E-state index contributed by atoms with van der Waals surface area (Å²) in [6.07, 6.45) is 0. The number of nitrogens with zero attached hydrogens (tertiary/aromatic N) is 2. The van der Waals surface area contributed by atoms with Gasteiger partial charge in [-0.2, -0.15) is 5.26 Å². The number of nitrogens with one attached hydrogen (secondary N) is 1. The Balaban J connectivity index is 2.06. The van der Waals surface area contributed by atoms with Crippen molar-refractivity contribution in [3.8, 4) is 6.07 Å². The first kappa shape index (κ1) is 11.6. The van der Waals surface area contributed by atoms with E-state index >= 15 is 0 Å². The maximum atomic E-state index is 9.04. The third kappa shape index (κ3) is 2.13. The van der Waals surface area contributed by atoms with Gasteiger partial charge < -0.3 is 10.2 Å². The molecule has 3 rings (SSSR count). The van der Waals surface area contributed by atoms with Crippen molar-refractivity contribution in [2.24, 2.45) is 0 Å². The van der Waals surface area contributed by atoms with E-state index in [-0.39, 0.29) is 0 Å². The van der Waals surface area contributed by atoms with Crippen molar-refractivity contribution in [1.82, 2.24) is 0 Å². The molecule has 94 valence electrons. The Labute approximate surface area is 113 Å². The first-order valence-electron chi connectivity index (χ1n) is 6.40. The Morgan fingerprint density at radius 2 is 1.95 bits per heavy atom. The molecule has 0 saturated carbocycles. The summed E-state index contributed by atoms with van der Waals surface area (Å²) in [6.45, 7) is 3.90. The predicted molar refractivity (Wildman–Crippen MR) is 77.8 cm³/mol. The highest BCUT2D eigenvalue weighted by Crippen LogP contribution is 2.35. The molecule has 0 radical (unpaired) electrons. The Hall–Kier alpha value is -2.47. The minimum Gasteiger partial charge on any atom is -0.382 e. The van der Waals surface area contributed by atoms with E-state index in [9.17, 15) is 0 Å². The summed E-state index contributed by atoms with van der Waals surface area (Å²) in [5.74, 6) is 0. The second-order valence-electron chi connectivity index (χ2n) is 4.76. The number of benzene rings is 2. The standard InChI is InChI=1S/C16H15N3/c1-12-2-5-14(6-3-12)19-9-8-18-15-7-4-13(11-17)10-16(15)19/h2-7,10,18H,8-9H2,1H3. The fourth-order valence-electron chi connectivity index (χ4n) is 2.39. The molecule has 0 amide bonds. The van der Waals surface area contributed by atoms with Gasteiger partial charge in [-0.1, -0.05) is 17.7 Å². The van der Waals surface area contributed by atoms with Crippen LogP contribution in [-0.2, 0) is 0 Å². The largest absolute Gasteiger partial charge is 0.382 e. The molecule has 3 nitrogen and oxygen atoms in total. The number of nitriles is 1. The topological polar surface area (TPSA) is 39.1 Å². The molecule has 19 heavy (non-hydrogen) atoms. The number of aryl methyl sites for hydroxylation is 1. The Morgan fingerprint density at radius 3 is 2.68 bits per heavy atom. The van der Waals surface area contributed by atoms with Gasteiger partial charge >= 0.3 is 0 Å². The van der Waals surface area contributed by atoms with E-state index in [1.54, 1.807) is 0 Å². The molecule has 3 heteroatoms. The van der Waals surface area contributed by atoms with Crippen LogP contribution in [0.4, 0.5) is 17.1 Å². The molecule has 0 atom stereocenters. The summed E-state index contributed by atoms with van der Waals surface area (Å²) in [4.78, 5) is 2.26. The van der Waals surface area contributed by atoms with Crippen molar-refractivity contribution in [2.45, 2.75) is 6.92 Å². The summed E-state index contributed by atoms with van der Waals surface area (Å²) >= 11 is 0. The second kappa shape index (κ2) is 4.66. The van der Waals surface area contributed by atoms with Gasteiger partial charge in [-0.15, -0.1) is 0 Å². The van der Waals surface area contributed by atoms with Crippen molar-refractivity contribution in [1.29, 1.82) is 5.26 Å². The van der Waals surface area contributed by atoms with Crippen molar-refractivity contribution >= 4 is 17.1 Å². The monoisotopic (exact) mass is 249 g/mol. The minimum absolute atomic E-state index is 0.694. The minimum atomic E-state index is 0.694. The van der Waals surface area contributed by atoms with Gasteiger partial charge in [0.15, 0.2) is 0 Å². The van der Waals surface area contributed by atoms with Crippen LogP contribution in [0, 0.1) is 18.3 Å². The van der Waals surface area contributed by atoms with Crippen molar-refractivity contribution in [3.63, 3.8) is 0 Å². The molecule has 1 aliphatic heterocycles. The van der Waals surface area contributed by atoms with Gasteiger partial charge in [0, 0.05) is 18.8 Å². The fourth-order valence-corrected chi connectivity index (χ4v) is 2.39. The summed E-state index contributed by atoms with van der Waals surface area (Å²) in [6, 6.07) is 16.5. The van der Waals surface area contributed by atoms with Crippen LogP contribution in [-0.4, -0.2) is 13.1 Å². The molecule has 2 aromatic rings. The normalized spacial score (nSPS) is 13.4. The number of hydrogen-bond donors (Lipinski definition) is 1. The first-order chi connectivity index (χ1) is 9.28. The van der Waals surface area contributed by atoms with E-state index in [0.29, 0.717) is 5.56 Å². The third-order valence-electron chi connectivity index (χ3n) is 3.41. The lowest BCUT2D eigenvalue weighted by molar-refractivity contribution is 0.926. The van der Waals surface area contributed by atoms with Crippen LogP contribution < -0.4 is 10.2 Å². The van der Waals surface area contributed by atoms with Crippen LogP contribution >= 0.6 is 0 Å². The van der Waals surface area contributed by atoms with E-state index in [2.05, 4.69) is 47.5 Å². The Kier molecular flexibility index (Phi) is 2.85. The third-order valence-corrected chi connectivity index (χ3v) is 3.41.